The van der Waals surface area contributed by atoms with Gasteiger partial charge in [-0.15, -0.1) is 0 Å². The minimum absolute atomic E-state index is 0.0106. The van der Waals surface area contributed by atoms with E-state index in [1.54, 1.807) is 36.4 Å². The number of hydrogen-bond donors (Lipinski definition) is 0. The summed E-state index contributed by atoms with van der Waals surface area (Å²) in [6.07, 6.45) is 0. The normalized spacial score (nSPS) is 11.4. The summed E-state index contributed by atoms with van der Waals surface area (Å²) in [7, 11) is -3.30. The first-order chi connectivity index (χ1) is 8.08. The summed E-state index contributed by atoms with van der Waals surface area (Å²) in [4.78, 5) is 0.287. The van der Waals surface area contributed by atoms with Crippen molar-refractivity contribution in [1.29, 1.82) is 0 Å². The second kappa shape index (κ2) is 4.90. The third kappa shape index (κ3) is 3.08. The summed E-state index contributed by atoms with van der Waals surface area (Å²) < 4.78 is 24.1. The van der Waals surface area contributed by atoms with Crippen LogP contribution in [0.25, 0.3) is 0 Å². The van der Waals surface area contributed by atoms with Crippen LogP contribution in [0.3, 0.4) is 0 Å². The molecule has 0 aromatic heterocycles. The first-order valence-electron chi connectivity index (χ1n) is 5.01. The third-order valence-corrected chi connectivity index (χ3v) is 4.27. The molecule has 0 heterocycles. The number of benzene rings is 2. The molecule has 0 aliphatic heterocycles. The molecule has 0 fully saturated rings. The Morgan fingerprint density at radius 2 is 1.59 bits per heavy atom. The number of hydrogen-bond acceptors (Lipinski definition) is 2. The Hall–Kier alpha value is -1.32. The molecule has 0 aliphatic rings. The van der Waals surface area contributed by atoms with Gasteiger partial charge in [-0.2, -0.15) is 0 Å². The van der Waals surface area contributed by atoms with Crippen LogP contribution in [0.1, 0.15) is 5.56 Å². The van der Waals surface area contributed by atoms with Crippen molar-refractivity contribution in [1.82, 2.24) is 0 Å². The lowest BCUT2D eigenvalue weighted by atomic mass is 10.2. The second-order valence-corrected chi connectivity index (χ2v) is 6.05. The van der Waals surface area contributed by atoms with Gasteiger partial charge in [-0.3, -0.25) is 0 Å². The van der Waals surface area contributed by atoms with Gasteiger partial charge in [0.25, 0.3) is 0 Å². The van der Waals surface area contributed by atoms with Crippen molar-refractivity contribution in [3.05, 3.63) is 65.2 Å². The maximum absolute atomic E-state index is 12.1. The van der Waals surface area contributed by atoms with Crippen molar-refractivity contribution < 1.29 is 8.42 Å². The highest BCUT2D eigenvalue weighted by Gasteiger charge is 2.14. The summed E-state index contributed by atoms with van der Waals surface area (Å²) in [6, 6.07) is 15.9. The van der Waals surface area contributed by atoms with Crippen LogP contribution in [-0.2, 0) is 15.6 Å². The van der Waals surface area contributed by atoms with Crippen LogP contribution >= 0.6 is 11.6 Å². The summed E-state index contributed by atoms with van der Waals surface area (Å²) in [5, 5.41) is 0.526. The molecule has 0 amide bonds. The van der Waals surface area contributed by atoms with Crippen LogP contribution in [0.2, 0.25) is 5.02 Å². The van der Waals surface area contributed by atoms with Crippen LogP contribution in [-0.4, -0.2) is 8.42 Å². The fourth-order valence-electron chi connectivity index (χ4n) is 1.46. The minimum atomic E-state index is -3.30. The van der Waals surface area contributed by atoms with Crippen LogP contribution in [0.5, 0.6) is 0 Å². The van der Waals surface area contributed by atoms with Gasteiger partial charge in [0.05, 0.1) is 10.6 Å². The average Bonchev–Trinajstić information content (AvgIpc) is 2.30. The fraction of sp³-hybridized carbons (Fsp3) is 0.0769. The van der Waals surface area contributed by atoms with Gasteiger partial charge in [0.2, 0.25) is 0 Å². The first kappa shape index (κ1) is 12.1. The Balaban J connectivity index is 2.29. The monoisotopic (exact) mass is 265 g/mol. The Kier molecular flexibility index (Phi) is 3.50. The summed E-state index contributed by atoms with van der Waals surface area (Å²) in [5.41, 5.74) is 0.749. The lowest BCUT2D eigenvalue weighted by Crippen LogP contribution is -2.04. The lowest BCUT2D eigenvalue weighted by Gasteiger charge is -2.04. The van der Waals surface area contributed by atoms with Crippen LogP contribution in [0.4, 0.5) is 0 Å². The molecule has 0 saturated carbocycles. The zero-order valence-electron chi connectivity index (χ0n) is 8.93. The zero-order chi connectivity index (χ0) is 12.3. The molecule has 87 valence electrons. The summed E-state index contributed by atoms with van der Waals surface area (Å²) >= 11 is 5.72. The van der Waals surface area contributed by atoms with E-state index in [0.29, 0.717) is 5.02 Å². The smallest absolute Gasteiger partial charge is 0.182 e. The predicted molar refractivity (Wildman–Crippen MR) is 67.6 cm³/mol. The van der Waals surface area contributed by atoms with Gasteiger partial charge in [0.15, 0.2) is 9.84 Å². The van der Waals surface area contributed by atoms with Gasteiger partial charge in [-0.25, -0.2) is 8.42 Å². The number of rotatable bonds is 3. The first-order valence-corrected chi connectivity index (χ1v) is 7.04. The van der Waals surface area contributed by atoms with Crippen LogP contribution in [0, 0.1) is 6.07 Å². The molecular weight excluding hydrogens is 256 g/mol. The molecule has 0 bridgehead atoms. The Morgan fingerprint density at radius 1 is 1.00 bits per heavy atom. The molecule has 0 unspecified atom stereocenters. The van der Waals surface area contributed by atoms with E-state index in [2.05, 4.69) is 6.07 Å². The maximum atomic E-state index is 12.1. The van der Waals surface area contributed by atoms with Gasteiger partial charge in [0, 0.05) is 5.02 Å². The highest BCUT2D eigenvalue weighted by atomic mass is 35.5. The van der Waals surface area contributed by atoms with E-state index in [0.717, 1.165) is 5.56 Å². The maximum Gasteiger partial charge on any atom is 0.182 e. The Bertz CT molecular complexity index is 589. The van der Waals surface area contributed by atoms with E-state index < -0.39 is 9.84 Å². The molecule has 0 spiro atoms. The lowest BCUT2D eigenvalue weighted by molar-refractivity contribution is 0.595. The van der Waals surface area contributed by atoms with Crippen LogP contribution in [0.15, 0.2) is 53.4 Å². The molecule has 2 aromatic carbocycles. The average molecular weight is 266 g/mol. The summed E-state index contributed by atoms with van der Waals surface area (Å²) in [6.45, 7) is 0. The van der Waals surface area contributed by atoms with Gasteiger partial charge in [-0.05, 0) is 35.9 Å². The van der Waals surface area contributed by atoms with Gasteiger partial charge in [-0.1, -0.05) is 35.9 Å². The Labute approximate surface area is 106 Å². The molecule has 1 radical (unpaired) electrons. The predicted octanol–water partition coefficient (Wildman–Crippen LogP) is 3.11. The molecule has 17 heavy (non-hydrogen) atoms. The highest BCUT2D eigenvalue weighted by Crippen LogP contribution is 2.18. The molecule has 0 aliphatic carbocycles. The van der Waals surface area contributed by atoms with Crippen molar-refractivity contribution in [2.75, 3.05) is 0 Å². The fourth-order valence-corrected chi connectivity index (χ4v) is 2.94. The molecule has 0 saturated heterocycles. The molecule has 2 aromatic rings. The number of sulfone groups is 1. The molecule has 2 nitrogen and oxygen atoms in total. The van der Waals surface area contributed by atoms with E-state index >= 15 is 0 Å². The van der Waals surface area contributed by atoms with Crippen molar-refractivity contribution in [3.8, 4) is 0 Å². The SMILES string of the molecule is O=S(=O)(Cc1cc[c]cc1)c1ccc(Cl)cc1. The Morgan fingerprint density at radius 3 is 2.18 bits per heavy atom. The largest absolute Gasteiger partial charge is 0.223 e. The van der Waals surface area contributed by atoms with E-state index in [1.807, 2.05) is 0 Å². The summed E-state index contributed by atoms with van der Waals surface area (Å²) in [5.74, 6) is -0.0106. The van der Waals surface area contributed by atoms with Crippen molar-refractivity contribution >= 4 is 21.4 Å². The minimum Gasteiger partial charge on any atom is -0.223 e. The quantitative estimate of drug-likeness (QED) is 0.855. The second-order valence-electron chi connectivity index (χ2n) is 3.62. The highest BCUT2D eigenvalue weighted by molar-refractivity contribution is 7.90. The van der Waals surface area contributed by atoms with E-state index in [1.165, 1.54) is 12.1 Å². The molecule has 0 atom stereocenters. The van der Waals surface area contributed by atoms with E-state index in [9.17, 15) is 8.42 Å². The molecule has 0 N–H and O–H groups in total. The molecular formula is C13H10ClO2S. The van der Waals surface area contributed by atoms with E-state index in [4.69, 9.17) is 11.6 Å². The third-order valence-electron chi connectivity index (χ3n) is 2.32. The van der Waals surface area contributed by atoms with Crippen molar-refractivity contribution in [2.45, 2.75) is 10.6 Å². The van der Waals surface area contributed by atoms with Gasteiger partial charge >= 0.3 is 0 Å². The van der Waals surface area contributed by atoms with E-state index in [-0.39, 0.29) is 10.6 Å². The van der Waals surface area contributed by atoms with Gasteiger partial charge in [0.1, 0.15) is 0 Å². The zero-order valence-corrected chi connectivity index (χ0v) is 10.5. The topological polar surface area (TPSA) is 34.1 Å². The molecule has 2 rings (SSSR count). The van der Waals surface area contributed by atoms with Gasteiger partial charge < -0.3 is 0 Å². The van der Waals surface area contributed by atoms with Crippen molar-refractivity contribution in [3.63, 3.8) is 0 Å². The number of halogens is 1. The standard InChI is InChI=1S/C13H10ClO2S/c14-12-6-8-13(9-7-12)17(15,16)10-11-4-2-1-3-5-11/h2-9H,10H2. The van der Waals surface area contributed by atoms with Crippen LogP contribution < -0.4 is 0 Å². The van der Waals surface area contributed by atoms with Crippen molar-refractivity contribution in [2.24, 2.45) is 0 Å². The molecule has 4 heteroatoms.